The van der Waals surface area contributed by atoms with Crippen molar-refractivity contribution in [2.75, 3.05) is 11.9 Å². The summed E-state index contributed by atoms with van der Waals surface area (Å²) in [6.45, 7) is 0. The highest BCUT2D eigenvalue weighted by Gasteiger charge is 2.21. The Morgan fingerprint density at radius 3 is 1.82 bits per heavy atom. The standard InChI is InChI=1S/C14H11NO2/c1-15-13-7-11(16)4-2-9(13)6-10-3-5-12(17)8-14(10)15/h2-5,7-8,16-17H,1H3. The van der Waals surface area contributed by atoms with Crippen LogP contribution in [0, 0.1) is 6.42 Å². The molecule has 0 amide bonds. The van der Waals surface area contributed by atoms with Crippen LogP contribution in [0.4, 0.5) is 11.4 Å². The van der Waals surface area contributed by atoms with Crippen molar-refractivity contribution in [3.8, 4) is 11.5 Å². The molecule has 3 heteroatoms. The number of phenolic OH excluding ortho intramolecular Hbond substituents is 2. The van der Waals surface area contributed by atoms with Gasteiger partial charge in [-0.2, -0.15) is 0 Å². The first kappa shape index (κ1) is 10.0. The fraction of sp³-hybridized carbons (Fsp3) is 0.0714. The Morgan fingerprint density at radius 1 is 0.882 bits per heavy atom. The van der Waals surface area contributed by atoms with E-state index in [0.29, 0.717) is 0 Å². The second kappa shape index (κ2) is 3.42. The summed E-state index contributed by atoms with van der Waals surface area (Å²) in [4.78, 5) is 1.93. The summed E-state index contributed by atoms with van der Waals surface area (Å²) in [5.74, 6) is 0.446. The van der Waals surface area contributed by atoms with Crippen LogP contribution in [-0.4, -0.2) is 17.3 Å². The third-order valence-electron chi connectivity index (χ3n) is 2.95. The molecule has 0 saturated carbocycles. The summed E-state index contributed by atoms with van der Waals surface area (Å²) in [7, 11) is 1.90. The van der Waals surface area contributed by atoms with E-state index in [1.165, 1.54) is 0 Å². The van der Waals surface area contributed by atoms with Gasteiger partial charge in [0.2, 0.25) is 0 Å². The smallest absolute Gasteiger partial charge is 0.117 e. The minimum atomic E-state index is 0.223. The zero-order chi connectivity index (χ0) is 12.0. The van der Waals surface area contributed by atoms with Gasteiger partial charge in [-0.05, 0) is 23.3 Å². The van der Waals surface area contributed by atoms with E-state index in [-0.39, 0.29) is 11.5 Å². The second-order valence-electron chi connectivity index (χ2n) is 4.09. The molecule has 0 saturated heterocycles. The van der Waals surface area contributed by atoms with Crippen molar-refractivity contribution < 1.29 is 10.2 Å². The van der Waals surface area contributed by atoms with Crippen LogP contribution in [0.1, 0.15) is 11.1 Å². The molecule has 1 aliphatic rings. The Morgan fingerprint density at radius 2 is 1.35 bits per heavy atom. The number of anilines is 2. The minimum absolute atomic E-state index is 0.223. The van der Waals surface area contributed by atoms with E-state index in [1.54, 1.807) is 24.3 Å². The summed E-state index contributed by atoms with van der Waals surface area (Å²) in [5, 5.41) is 19.0. The Kier molecular flexibility index (Phi) is 2.01. The molecule has 84 valence electrons. The highest BCUT2D eigenvalue weighted by atomic mass is 16.3. The molecule has 0 fully saturated rings. The van der Waals surface area contributed by atoms with E-state index in [9.17, 15) is 10.2 Å². The quantitative estimate of drug-likeness (QED) is 0.724. The first-order chi connectivity index (χ1) is 8.15. The number of nitrogens with zero attached hydrogens (tertiary/aromatic N) is 1. The van der Waals surface area contributed by atoms with Crippen molar-refractivity contribution in [1.82, 2.24) is 0 Å². The predicted molar refractivity (Wildman–Crippen MR) is 65.7 cm³/mol. The lowest BCUT2D eigenvalue weighted by atomic mass is 9.96. The first-order valence-electron chi connectivity index (χ1n) is 5.32. The highest BCUT2D eigenvalue weighted by Crippen LogP contribution is 2.41. The van der Waals surface area contributed by atoms with Crippen LogP contribution >= 0.6 is 0 Å². The Bertz CT molecular complexity index is 541. The van der Waals surface area contributed by atoms with Crippen molar-refractivity contribution in [1.29, 1.82) is 0 Å². The van der Waals surface area contributed by atoms with Gasteiger partial charge >= 0.3 is 0 Å². The van der Waals surface area contributed by atoms with Crippen LogP contribution in [0.5, 0.6) is 11.5 Å². The maximum Gasteiger partial charge on any atom is 0.117 e. The van der Waals surface area contributed by atoms with Crippen LogP contribution in [0.2, 0.25) is 0 Å². The molecule has 0 bridgehead atoms. The molecule has 3 nitrogen and oxygen atoms in total. The first-order valence-corrected chi connectivity index (χ1v) is 5.32. The summed E-state index contributed by atoms with van der Waals surface area (Å²) in [6.07, 6.45) is 3.26. The third-order valence-corrected chi connectivity index (χ3v) is 2.95. The number of aromatic hydroxyl groups is 2. The van der Waals surface area contributed by atoms with Crippen molar-refractivity contribution in [2.45, 2.75) is 0 Å². The van der Waals surface area contributed by atoms with Crippen LogP contribution < -0.4 is 4.90 Å². The molecule has 2 N–H and O–H groups in total. The van der Waals surface area contributed by atoms with Crippen molar-refractivity contribution in [3.05, 3.63) is 53.9 Å². The molecule has 2 aromatic carbocycles. The van der Waals surface area contributed by atoms with Crippen molar-refractivity contribution in [2.24, 2.45) is 0 Å². The number of hydrogen-bond donors (Lipinski definition) is 2. The molecule has 0 aliphatic carbocycles. The van der Waals surface area contributed by atoms with E-state index >= 15 is 0 Å². The molecule has 1 aliphatic heterocycles. The lowest BCUT2D eigenvalue weighted by Crippen LogP contribution is -2.17. The van der Waals surface area contributed by atoms with Gasteiger partial charge in [0.25, 0.3) is 0 Å². The average molecular weight is 225 g/mol. The Balaban J connectivity index is 2.18. The van der Waals surface area contributed by atoms with Gasteiger partial charge in [0, 0.05) is 30.6 Å². The van der Waals surface area contributed by atoms with E-state index in [4.69, 9.17) is 0 Å². The Hall–Kier alpha value is -2.16. The van der Waals surface area contributed by atoms with E-state index < -0.39 is 0 Å². The van der Waals surface area contributed by atoms with Gasteiger partial charge in [-0.3, -0.25) is 0 Å². The molecule has 17 heavy (non-hydrogen) atoms. The maximum absolute atomic E-state index is 9.50. The molecular weight excluding hydrogens is 214 g/mol. The molecule has 2 aromatic rings. The molecule has 3 rings (SSSR count). The minimum Gasteiger partial charge on any atom is -0.508 e. The fourth-order valence-electron chi connectivity index (χ4n) is 2.08. The summed E-state index contributed by atoms with van der Waals surface area (Å²) >= 11 is 0. The number of hydrogen-bond acceptors (Lipinski definition) is 3. The van der Waals surface area contributed by atoms with Gasteiger partial charge in [0.05, 0.1) is 6.42 Å². The predicted octanol–water partition coefficient (Wildman–Crippen LogP) is 2.66. The van der Waals surface area contributed by atoms with Crippen LogP contribution in [0.25, 0.3) is 0 Å². The van der Waals surface area contributed by atoms with Gasteiger partial charge in [-0.1, -0.05) is 12.1 Å². The monoisotopic (exact) mass is 225 g/mol. The SMILES string of the molecule is CN1c2cc(O)ccc2[C]c2ccc(O)cc21. The molecule has 1 heterocycles. The van der Waals surface area contributed by atoms with E-state index in [1.807, 2.05) is 24.1 Å². The normalized spacial score (nSPS) is 13.1. The summed E-state index contributed by atoms with van der Waals surface area (Å²) < 4.78 is 0. The lowest BCUT2D eigenvalue weighted by Gasteiger charge is -2.29. The molecule has 0 atom stereocenters. The second-order valence-corrected chi connectivity index (χ2v) is 4.09. The topological polar surface area (TPSA) is 43.7 Å². The number of phenols is 2. The average Bonchev–Trinajstić information content (AvgIpc) is 2.32. The van der Waals surface area contributed by atoms with Gasteiger partial charge in [0.1, 0.15) is 11.5 Å². The number of rotatable bonds is 0. The van der Waals surface area contributed by atoms with Crippen LogP contribution in [0.3, 0.4) is 0 Å². The number of fused-ring (bicyclic) bond motifs is 2. The maximum atomic E-state index is 9.50. The summed E-state index contributed by atoms with van der Waals surface area (Å²) in [6, 6.07) is 10.3. The molecule has 2 radical (unpaired) electrons. The van der Waals surface area contributed by atoms with E-state index in [0.717, 1.165) is 22.5 Å². The van der Waals surface area contributed by atoms with Gasteiger partial charge in [0.15, 0.2) is 0 Å². The molecule has 0 aromatic heterocycles. The largest absolute Gasteiger partial charge is 0.508 e. The Labute approximate surface area is 99.6 Å². The van der Waals surface area contributed by atoms with E-state index in [2.05, 4.69) is 6.42 Å². The van der Waals surface area contributed by atoms with Crippen molar-refractivity contribution in [3.63, 3.8) is 0 Å². The lowest BCUT2D eigenvalue weighted by molar-refractivity contribution is 0.475. The molecule has 0 spiro atoms. The van der Waals surface area contributed by atoms with Gasteiger partial charge < -0.3 is 15.1 Å². The van der Waals surface area contributed by atoms with Gasteiger partial charge in [-0.25, -0.2) is 0 Å². The van der Waals surface area contributed by atoms with Gasteiger partial charge in [-0.15, -0.1) is 0 Å². The van der Waals surface area contributed by atoms with Crippen LogP contribution in [-0.2, 0) is 0 Å². The zero-order valence-corrected chi connectivity index (χ0v) is 9.31. The van der Waals surface area contributed by atoms with Crippen molar-refractivity contribution >= 4 is 11.4 Å². The highest BCUT2D eigenvalue weighted by molar-refractivity contribution is 5.79. The third kappa shape index (κ3) is 1.51. The molecule has 0 unspecified atom stereocenters. The zero-order valence-electron chi connectivity index (χ0n) is 9.31. The fourth-order valence-corrected chi connectivity index (χ4v) is 2.08. The molecular formula is C14H11NO2. The van der Waals surface area contributed by atoms with Crippen LogP contribution in [0.15, 0.2) is 36.4 Å². The number of benzene rings is 2. The summed E-state index contributed by atoms with van der Waals surface area (Å²) in [5.41, 5.74) is 3.62.